The summed E-state index contributed by atoms with van der Waals surface area (Å²) in [5.41, 5.74) is 1.47. The smallest absolute Gasteiger partial charge is 0.252 e. The van der Waals surface area contributed by atoms with Gasteiger partial charge in [0.1, 0.15) is 0 Å². The lowest BCUT2D eigenvalue weighted by molar-refractivity contribution is 0.0954. The summed E-state index contributed by atoms with van der Waals surface area (Å²) < 4.78 is 2.66. The minimum atomic E-state index is -0.194. The zero-order valence-corrected chi connectivity index (χ0v) is 17.3. The van der Waals surface area contributed by atoms with Crippen LogP contribution in [-0.2, 0) is 6.42 Å². The van der Waals surface area contributed by atoms with Gasteiger partial charge in [0.25, 0.3) is 5.91 Å². The topological polar surface area (TPSA) is 59.3 Å². The van der Waals surface area contributed by atoms with Crippen molar-refractivity contribution in [2.75, 3.05) is 6.54 Å². The Kier molecular flexibility index (Phi) is 5.08. The van der Waals surface area contributed by atoms with Crippen molar-refractivity contribution in [3.05, 3.63) is 61.8 Å². The van der Waals surface area contributed by atoms with Gasteiger partial charge in [0, 0.05) is 22.8 Å². The molecule has 4 aromatic rings. The Balaban J connectivity index is 1.45. The van der Waals surface area contributed by atoms with Crippen LogP contribution in [-0.4, -0.2) is 27.0 Å². The monoisotopic (exact) mass is 466 g/mol. The molecule has 0 bridgehead atoms. The van der Waals surface area contributed by atoms with Crippen LogP contribution in [0.2, 0.25) is 5.02 Å². The molecule has 0 radical (unpaired) electrons. The molecule has 26 heavy (non-hydrogen) atoms. The van der Waals surface area contributed by atoms with E-state index in [2.05, 4.69) is 31.3 Å². The van der Waals surface area contributed by atoms with Gasteiger partial charge >= 0.3 is 0 Å². The Morgan fingerprint density at radius 3 is 3.00 bits per heavy atom. The van der Waals surface area contributed by atoms with Crippen molar-refractivity contribution in [2.45, 2.75) is 6.42 Å². The number of thiazole rings is 1. The molecule has 0 aliphatic rings. The van der Waals surface area contributed by atoms with E-state index in [1.165, 1.54) is 0 Å². The second kappa shape index (κ2) is 7.48. The molecular formula is C17H12BrClN4OS2. The number of thiophene rings is 1. The molecule has 0 saturated carbocycles. The van der Waals surface area contributed by atoms with E-state index < -0.39 is 0 Å². The van der Waals surface area contributed by atoms with Gasteiger partial charge < -0.3 is 5.32 Å². The Morgan fingerprint density at radius 2 is 2.19 bits per heavy atom. The molecule has 0 spiro atoms. The van der Waals surface area contributed by atoms with Crippen molar-refractivity contribution in [3.8, 4) is 10.7 Å². The minimum absolute atomic E-state index is 0.194. The molecular weight excluding hydrogens is 456 g/mol. The highest BCUT2D eigenvalue weighted by Gasteiger charge is 2.14. The van der Waals surface area contributed by atoms with Gasteiger partial charge in [-0.3, -0.25) is 4.79 Å². The number of benzene rings is 1. The number of nitrogens with zero attached hydrogens (tertiary/aromatic N) is 3. The molecule has 9 heteroatoms. The molecule has 1 amide bonds. The molecule has 0 aliphatic heterocycles. The second-order valence-corrected chi connectivity index (χ2v) is 8.57. The van der Waals surface area contributed by atoms with Crippen LogP contribution in [0.25, 0.3) is 15.7 Å². The average molecular weight is 468 g/mol. The fourth-order valence-corrected chi connectivity index (χ4v) is 4.55. The lowest BCUT2D eigenvalue weighted by Gasteiger charge is -2.07. The van der Waals surface area contributed by atoms with Gasteiger partial charge in [-0.2, -0.15) is 4.98 Å². The Morgan fingerprint density at radius 1 is 1.31 bits per heavy atom. The molecule has 1 aromatic carbocycles. The summed E-state index contributed by atoms with van der Waals surface area (Å²) in [5.74, 6) is 0.540. The van der Waals surface area contributed by atoms with E-state index in [1.807, 2.05) is 27.4 Å². The van der Waals surface area contributed by atoms with Crippen molar-refractivity contribution in [2.24, 2.45) is 0 Å². The molecule has 0 saturated heterocycles. The number of carbonyl (C=O) groups excluding carboxylic acids is 1. The zero-order chi connectivity index (χ0) is 18.1. The molecule has 3 heterocycles. The van der Waals surface area contributed by atoms with Gasteiger partial charge in [-0.1, -0.05) is 33.6 Å². The third kappa shape index (κ3) is 3.55. The maximum Gasteiger partial charge on any atom is 0.252 e. The molecule has 5 nitrogen and oxygen atoms in total. The Bertz CT molecular complexity index is 1070. The van der Waals surface area contributed by atoms with E-state index in [0.717, 1.165) is 25.8 Å². The molecule has 1 N–H and O–H groups in total. The normalized spacial score (nSPS) is 11.2. The molecule has 0 fully saturated rings. The van der Waals surface area contributed by atoms with Crippen molar-refractivity contribution in [1.29, 1.82) is 0 Å². The van der Waals surface area contributed by atoms with E-state index in [-0.39, 0.29) is 5.91 Å². The summed E-state index contributed by atoms with van der Waals surface area (Å²) in [6.07, 6.45) is 0.657. The molecule has 3 aromatic heterocycles. The number of halogens is 2. The number of nitrogens with one attached hydrogen (secondary N) is 1. The highest BCUT2D eigenvalue weighted by molar-refractivity contribution is 9.10. The predicted molar refractivity (Wildman–Crippen MR) is 109 cm³/mol. The van der Waals surface area contributed by atoms with Gasteiger partial charge in [0.05, 0.1) is 21.2 Å². The largest absolute Gasteiger partial charge is 0.352 e. The van der Waals surface area contributed by atoms with Crippen LogP contribution >= 0.6 is 50.2 Å². The Hall–Kier alpha value is -1.74. The predicted octanol–water partition coefficient (Wildman–Crippen LogP) is 4.91. The molecule has 0 unspecified atom stereocenters. The first-order chi connectivity index (χ1) is 12.6. The summed E-state index contributed by atoms with van der Waals surface area (Å²) in [6, 6.07) is 9.21. The van der Waals surface area contributed by atoms with Gasteiger partial charge in [0.15, 0.2) is 5.82 Å². The van der Waals surface area contributed by atoms with Crippen LogP contribution < -0.4 is 5.32 Å². The molecule has 0 aliphatic carbocycles. The number of fused-ring (bicyclic) bond motifs is 1. The van der Waals surface area contributed by atoms with Crippen LogP contribution in [0, 0.1) is 0 Å². The number of carbonyl (C=O) groups is 1. The second-order valence-electron chi connectivity index (χ2n) is 5.46. The first kappa shape index (κ1) is 17.7. The van der Waals surface area contributed by atoms with Crippen LogP contribution in [0.15, 0.2) is 45.6 Å². The van der Waals surface area contributed by atoms with Gasteiger partial charge in [-0.05, 0) is 29.6 Å². The standard InChI is InChI=1S/C17H12BrClN4OS2/c18-10-3-4-13(19)12(8-10)16(24)20-6-5-11-9-26-17-21-15(22-23(11)17)14-2-1-7-25-14/h1-4,7-9H,5-6H2,(H,20,24). The molecule has 132 valence electrons. The van der Waals surface area contributed by atoms with Crippen LogP contribution in [0.3, 0.4) is 0 Å². The van der Waals surface area contributed by atoms with E-state index in [1.54, 1.807) is 40.9 Å². The van der Waals surface area contributed by atoms with E-state index in [4.69, 9.17) is 11.6 Å². The first-order valence-corrected chi connectivity index (χ1v) is 10.6. The minimum Gasteiger partial charge on any atom is -0.352 e. The van der Waals surface area contributed by atoms with Crippen molar-refractivity contribution < 1.29 is 4.79 Å². The Labute approximate surface area is 170 Å². The first-order valence-electron chi connectivity index (χ1n) is 7.72. The van der Waals surface area contributed by atoms with Gasteiger partial charge in [0.2, 0.25) is 4.96 Å². The summed E-state index contributed by atoms with van der Waals surface area (Å²) in [7, 11) is 0. The number of hydrogen-bond donors (Lipinski definition) is 1. The third-order valence-corrected chi connectivity index (χ3v) is 6.28. The SMILES string of the molecule is O=C(NCCc1csc2nc(-c3cccs3)nn12)c1cc(Br)ccc1Cl. The van der Waals surface area contributed by atoms with Gasteiger partial charge in [-0.15, -0.1) is 27.8 Å². The maximum absolute atomic E-state index is 12.3. The summed E-state index contributed by atoms with van der Waals surface area (Å²) in [5, 5.41) is 11.9. The maximum atomic E-state index is 12.3. The summed E-state index contributed by atoms with van der Waals surface area (Å²) in [4.78, 5) is 18.8. The number of hydrogen-bond acceptors (Lipinski definition) is 5. The quantitative estimate of drug-likeness (QED) is 0.454. The van der Waals surface area contributed by atoms with E-state index >= 15 is 0 Å². The fraction of sp³-hybridized carbons (Fsp3) is 0.118. The van der Waals surface area contributed by atoms with Crippen molar-refractivity contribution in [3.63, 3.8) is 0 Å². The van der Waals surface area contributed by atoms with Gasteiger partial charge in [-0.25, -0.2) is 4.52 Å². The van der Waals surface area contributed by atoms with Crippen LogP contribution in [0.5, 0.6) is 0 Å². The third-order valence-electron chi connectivity index (χ3n) is 3.73. The highest BCUT2D eigenvalue weighted by Crippen LogP contribution is 2.24. The van der Waals surface area contributed by atoms with Crippen molar-refractivity contribution >= 4 is 61.1 Å². The summed E-state index contributed by atoms with van der Waals surface area (Å²) in [6.45, 7) is 0.488. The van der Waals surface area contributed by atoms with Crippen LogP contribution in [0.1, 0.15) is 16.1 Å². The summed E-state index contributed by atoms with van der Waals surface area (Å²) >= 11 is 12.6. The highest BCUT2D eigenvalue weighted by atomic mass is 79.9. The number of aromatic nitrogens is 3. The molecule has 4 rings (SSSR count). The molecule has 0 atom stereocenters. The fourth-order valence-electron chi connectivity index (χ4n) is 2.48. The zero-order valence-electron chi connectivity index (χ0n) is 13.3. The average Bonchev–Trinajstić information content (AvgIpc) is 3.34. The van der Waals surface area contributed by atoms with E-state index in [9.17, 15) is 4.79 Å². The van der Waals surface area contributed by atoms with Crippen molar-refractivity contribution in [1.82, 2.24) is 19.9 Å². The number of amides is 1. The lowest BCUT2D eigenvalue weighted by atomic mass is 10.2. The lowest BCUT2D eigenvalue weighted by Crippen LogP contribution is -2.26. The van der Waals surface area contributed by atoms with Crippen LogP contribution in [0.4, 0.5) is 0 Å². The number of rotatable bonds is 5. The van der Waals surface area contributed by atoms with E-state index in [0.29, 0.717) is 23.6 Å².